The predicted molar refractivity (Wildman–Crippen MR) is 119 cm³/mol. The van der Waals surface area contributed by atoms with Crippen LogP contribution in [0.5, 0.6) is 0 Å². The smallest absolute Gasteiger partial charge is 0.270 e. The van der Waals surface area contributed by atoms with E-state index in [2.05, 4.69) is 19.9 Å². The molecular formula is C24H28N6O. The molecule has 0 saturated carbocycles. The third kappa shape index (κ3) is 4.10. The standard InChI is InChI=1S/C24H28N6O/c1-28-17-19(20-15-26-23(27-16-20)18-5-4-8-25-14-18)13-22(28)24(31)30-11-6-21(7-12-30)29-9-2-3-10-29/h4-5,8,13-17,21H,2-3,6-7,9-12H2,1H3. The maximum Gasteiger partial charge on any atom is 0.270 e. The van der Waals surface area contributed by atoms with Gasteiger partial charge in [0.25, 0.3) is 5.91 Å². The SMILES string of the molecule is Cn1cc(-c2cnc(-c3cccnc3)nc2)cc1C(=O)N1CCC(N2CCCC2)CC1. The van der Waals surface area contributed by atoms with E-state index in [0.29, 0.717) is 17.6 Å². The third-order valence-electron chi connectivity index (χ3n) is 6.54. The molecule has 1 amide bonds. The van der Waals surface area contributed by atoms with Crippen molar-refractivity contribution < 1.29 is 4.79 Å². The number of carbonyl (C=O) groups is 1. The summed E-state index contributed by atoms with van der Waals surface area (Å²) >= 11 is 0. The molecule has 160 valence electrons. The molecule has 0 bridgehead atoms. The van der Waals surface area contributed by atoms with Gasteiger partial charge in [-0.05, 0) is 57.0 Å². The molecule has 5 heterocycles. The largest absolute Gasteiger partial charge is 0.346 e. The van der Waals surface area contributed by atoms with Crippen LogP contribution < -0.4 is 0 Å². The van der Waals surface area contributed by atoms with E-state index in [1.165, 1.54) is 25.9 Å². The van der Waals surface area contributed by atoms with Gasteiger partial charge in [-0.3, -0.25) is 9.78 Å². The van der Waals surface area contributed by atoms with E-state index < -0.39 is 0 Å². The number of pyridine rings is 1. The zero-order valence-electron chi connectivity index (χ0n) is 17.9. The van der Waals surface area contributed by atoms with Crippen molar-refractivity contribution >= 4 is 5.91 Å². The molecule has 0 N–H and O–H groups in total. The van der Waals surface area contributed by atoms with Crippen molar-refractivity contribution in [1.82, 2.24) is 29.3 Å². The Morgan fingerprint density at radius 2 is 1.71 bits per heavy atom. The van der Waals surface area contributed by atoms with E-state index in [4.69, 9.17) is 0 Å². The number of carbonyl (C=O) groups excluding carboxylic acids is 1. The highest BCUT2D eigenvalue weighted by Gasteiger charge is 2.29. The summed E-state index contributed by atoms with van der Waals surface area (Å²) in [5.41, 5.74) is 3.45. The van der Waals surface area contributed by atoms with Gasteiger partial charge in [-0.25, -0.2) is 9.97 Å². The summed E-state index contributed by atoms with van der Waals surface area (Å²) in [5.74, 6) is 0.756. The molecule has 7 heteroatoms. The minimum Gasteiger partial charge on any atom is -0.346 e. The first-order valence-electron chi connectivity index (χ1n) is 11.1. The first kappa shape index (κ1) is 19.9. The molecular weight excluding hydrogens is 388 g/mol. The second kappa shape index (κ2) is 8.59. The minimum absolute atomic E-state index is 0.113. The second-order valence-corrected chi connectivity index (χ2v) is 8.53. The van der Waals surface area contributed by atoms with Gasteiger partial charge in [-0.15, -0.1) is 0 Å². The van der Waals surface area contributed by atoms with E-state index in [0.717, 1.165) is 42.6 Å². The Morgan fingerprint density at radius 3 is 2.39 bits per heavy atom. The molecule has 2 fully saturated rings. The van der Waals surface area contributed by atoms with Gasteiger partial charge in [0.1, 0.15) is 5.69 Å². The molecule has 31 heavy (non-hydrogen) atoms. The van der Waals surface area contributed by atoms with Crippen molar-refractivity contribution in [3.05, 3.63) is 54.9 Å². The summed E-state index contributed by atoms with van der Waals surface area (Å²) < 4.78 is 1.92. The number of rotatable bonds is 4. The zero-order chi connectivity index (χ0) is 21.2. The van der Waals surface area contributed by atoms with Gasteiger partial charge in [0.2, 0.25) is 0 Å². The van der Waals surface area contributed by atoms with Crippen LogP contribution >= 0.6 is 0 Å². The highest BCUT2D eigenvalue weighted by atomic mass is 16.2. The summed E-state index contributed by atoms with van der Waals surface area (Å²) in [4.78, 5) is 30.9. The number of hydrogen-bond donors (Lipinski definition) is 0. The zero-order valence-corrected chi connectivity index (χ0v) is 17.9. The molecule has 2 aliphatic heterocycles. The summed E-state index contributed by atoms with van der Waals surface area (Å²) in [5, 5.41) is 0. The lowest BCUT2D eigenvalue weighted by atomic mass is 10.0. The van der Waals surface area contributed by atoms with Crippen molar-refractivity contribution in [2.45, 2.75) is 31.7 Å². The molecule has 3 aromatic heterocycles. The lowest BCUT2D eigenvalue weighted by Gasteiger charge is -2.36. The van der Waals surface area contributed by atoms with E-state index >= 15 is 0 Å². The fourth-order valence-electron chi connectivity index (χ4n) is 4.76. The van der Waals surface area contributed by atoms with Gasteiger partial charge in [0, 0.05) is 73.9 Å². The Balaban J connectivity index is 1.28. The second-order valence-electron chi connectivity index (χ2n) is 8.53. The van der Waals surface area contributed by atoms with Crippen molar-refractivity contribution in [2.75, 3.05) is 26.2 Å². The van der Waals surface area contributed by atoms with E-state index in [-0.39, 0.29) is 5.91 Å². The van der Waals surface area contributed by atoms with Crippen molar-refractivity contribution in [3.63, 3.8) is 0 Å². The fourth-order valence-corrected chi connectivity index (χ4v) is 4.76. The molecule has 5 rings (SSSR count). The van der Waals surface area contributed by atoms with Crippen LogP contribution in [-0.2, 0) is 7.05 Å². The molecule has 3 aromatic rings. The fraction of sp³-hybridized carbons (Fsp3) is 0.417. The Labute approximate surface area is 182 Å². The Hall–Kier alpha value is -3.06. The van der Waals surface area contributed by atoms with Crippen LogP contribution in [0.2, 0.25) is 0 Å². The van der Waals surface area contributed by atoms with Gasteiger partial charge in [-0.1, -0.05) is 0 Å². The van der Waals surface area contributed by atoms with Crippen LogP contribution in [0.3, 0.4) is 0 Å². The summed E-state index contributed by atoms with van der Waals surface area (Å²) in [6, 6.07) is 6.41. The lowest BCUT2D eigenvalue weighted by Crippen LogP contribution is -2.46. The summed E-state index contributed by atoms with van der Waals surface area (Å²) in [6.45, 7) is 4.12. The predicted octanol–water partition coefficient (Wildman–Crippen LogP) is 3.24. The number of likely N-dealkylation sites (tertiary alicyclic amines) is 2. The molecule has 2 saturated heterocycles. The van der Waals surface area contributed by atoms with Crippen molar-refractivity contribution in [1.29, 1.82) is 0 Å². The third-order valence-corrected chi connectivity index (χ3v) is 6.54. The van der Waals surface area contributed by atoms with Crippen LogP contribution in [0.25, 0.3) is 22.5 Å². The summed E-state index contributed by atoms with van der Waals surface area (Å²) in [7, 11) is 1.93. The van der Waals surface area contributed by atoms with Crippen LogP contribution in [0.4, 0.5) is 0 Å². The average molecular weight is 417 g/mol. The van der Waals surface area contributed by atoms with Crippen LogP contribution in [0.1, 0.15) is 36.2 Å². The topological polar surface area (TPSA) is 67.2 Å². The first-order valence-corrected chi connectivity index (χ1v) is 11.1. The number of piperidine rings is 1. The van der Waals surface area contributed by atoms with Crippen LogP contribution in [0, 0.1) is 0 Å². The van der Waals surface area contributed by atoms with Crippen LogP contribution in [0.15, 0.2) is 49.2 Å². The quantitative estimate of drug-likeness (QED) is 0.653. The molecule has 7 nitrogen and oxygen atoms in total. The molecule has 0 radical (unpaired) electrons. The molecule has 0 aromatic carbocycles. The first-order chi connectivity index (χ1) is 15.2. The van der Waals surface area contributed by atoms with Gasteiger partial charge < -0.3 is 14.4 Å². The lowest BCUT2D eigenvalue weighted by molar-refractivity contribution is 0.0635. The number of aryl methyl sites for hydroxylation is 1. The Kier molecular flexibility index (Phi) is 5.51. The van der Waals surface area contributed by atoms with E-state index in [9.17, 15) is 4.79 Å². The van der Waals surface area contributed by atoms with Gasteiger partial charge in [0.15, 0.2) is 5.82 Å². The van der Waals surface area contributed by atoms with Crippen LogP contribution in [-0.4, -0.2) is 67.4 Å². The Bertz CT molecular complexity index is 1030. The van der Waals surface area contributed by atoms with Gasteiger partial charge in [0.05, 0.1) is 0 Å². The molecule has 0 unspecified atom stereocenters. The highest BCUT2D eigenvalue weighted by Crippen LogP contribution is 2.25. The number of aromatic nitrogens is 4. The Morgan fingerprint density at radius 1 is 0.968 bits per heavy atom. The van der Waals surface area contributed by atoms with Crippen molar-refractivity contribution in [3.8, 4) is 22.5 Å². The van der Waals surface area contributed by atoms with E-state index in [1.54, 1.807) is 24.8 Å². The van der Waals surface area contributed by atoms with Gasteiger partial charge >= 0.3 is 0 Å². The summed E-state index contributed by atoms with van der Waals surface area (Å²) in [6.07, 6.45) is 13.9. The van der Waals surface area contributed by atoms with E-state index in [1.807, 2.05) is 40.9 Å². The number of amides is 1. The van der Waals surface area contributed by atoms with Gasteiger partial charge in [-0.2, -0.15) is 0 Å². The normalized spacial score (nSPS) is 17.9. The minimum atomic E-state index is 0.113. The molecule has 0 aliphatic carbocycles. The highest BCUT2D eigenvalue weighted by molar-refractivity contribution is 5.94. The number of hydrogen-bond acceptors (Lipinski definition) is 5. The monoisotopic (exact) mass is 416 g/mol. The molecule has 0 spiro atoms. The molecule has 2 aliphatic rings. The number of nitrogens with zero attached hydrogens (tertiary/aromatic N) is 6. The maximum atomic E-state index is 13.2. The average Bonchev–Trinajstić information content (AvgIpc) is 3.50. The maximum absolute atomic E-state index is 13.2. The van der Waals surface area contributed by atoms with Crippen molar-refractivity contribution in [2.24, 2.45) is 7.05 Å². The molecule has 0 atom stereocenters.